The first-order valence-electron chi connectivity index (χ1n) is 10.3. The Balaban J connectivity index is 0.00000225. The minimum atomic E-state index is 0. The Bertz CT molecular complexity index is 828. The summed E-state index contributed by atoms with van der Waals surface area (Å²) < 4.78 is 2.01. The van der Waals surface area contributed by atoms with E-state index in [0.717, 1.165) is 62.9 Å². The van der Waals surface area contributed by atoms with Crippen LogP contribution in [-0.2, 0) is 12.8 Å². The van der Waals surface area contributed by atoms with E-state index in [1.165, 1.54) is 11.3 Å². The Morgan fingerprint density at radius 2 is 1.89 bits per heavy atom. The molecule has 4 rings (SSSR count). The van der Waals surface area contributed by atoms with Crippen LogP contribution in [0.5, 0.6) is 0 Å². The number of piperidine rings is 1. The molecule has 1 aliphatic carbocycles. The maximum atomic E-state index is 13.3. The molecule has 152 valence electrons. The third kappa shape index (κ3) is 3.96. The minimum absolute atomic E-state index is 0. The van der Waals surface area contributed by atoms with Crippen LogP contribution in [0.25, 0.3) is 5.69 Å². The van der Waals surface area contributed by atoms with Gasteiger partial charge in [-0.25, -0.2) is 4.68 Å². The number of hydrogen-bond acceptors (Lipinski definition) is 3. The number of hydrogen-bond donors (Lipinski definition) is 1. The van der Waals surface area contributed by atoms with E-state index in [9.17, 15) is 4.79 Å². The van der Waals surface area contributed by atoms with Gasteiger partial charge in [-0.2, -0.15) is 5.10 Å². The van der Waals surface area contributed by atoms with E-state index in [-0.39, 0.29) is 24.4 Å². The molecule has 6 heteroatoms. The van der Waals surface area contributed by atoms with Crippen molar-refractivity contribution in [1.29, 1.82) is 0 Å². The number of rotatable bonds is 3. The van der Waals surface area contributed by atoms with Crippen LogP contribution in [0.15, 0.2) is 24.3 Å². The summed E-state index contributed by atoms with van der Waals surface area (Å²) >= 11 is 0. The number of nitrogens with two attached hydrogens (primary N) is 1. The quantitative estimate of drug-likeness (QED) is 0.851. The van der Waals surface area contributed by atoms with Gasteiger partial charge in [-0.1, -0.05) is 17.7 Å². The molecule has 1 aromatic heterocycles. The molecule has 1 amide bonds. The lowest BCUT2D eigenvalue weighted by atomic mass is 9.91. The van der Waals surface area contributed by atoms with Crippen molar-refractivity contribution in [2.45, 2.75) is 58.4 Å². The van der Waals surface area contributed by atoms with Crippen molar-refractivity contribution in [2.24, 2.45) is 11.7 Å². The number of amides is 1. The third-order valence-electron chi connectivity index (χ3n) is 6.15. The molecule has 1 fully saturated rings. The van der Waals surface area contributed by atoms with Crippen LogP contribution in [0.1, 0.15) is 59.9 Å². The highest BCUT2D eigenvalue weighted by atomic mass is 35.5. The first-order valence-corrected chi connectivity index (χ1v) is 10.3. The Kier molecular flexibility index (Phi) is 6.46. The van der Waals surface area contributed by atoms with Crippen LogP contribution in [0, 0.1) is 12.8 Å². The zero-order valence-electron chi connectivity index (χ0n) is 16.9. The number of likely N-dealkylation sites (tertiary alicyclic amines) is 1. The lowest BCUT2D eigenvalue weighted by molar-refractivity contribution is 0.0653. The monoisotopic (exact) mass is 402 g/mol. The van der Waals surface area contributed by atoms with Gasteiger partial charge in [-0.3, -0.25) is 4.79 Å². The zero-order chi connectivity index (χ0) is 19.0. The molecule has 2 heterocycles. The Labute approximate surface area is 173 Å². The molecule has 0 bridgehead atoms. The number of carbonyl (C=O) groups excluding carboxylic acids is 1. The minimum Gasteiger partial charge on any atom is -0.337 e. The molecular formula is C22H31ClN4O. The van der Waals surface area contributed by atoms with Crippen molar-refractivity contribution < 1.29 is 4.79 Å². The van der Waals surface area contributed by atoms with Crippen molar-refractivity contribution >= 4 is 18.3 Å². The van der Waals surface area contributed by atoms with E-state index in [0.29, 0.717) is 11.6 Å². The van der Waals surface area contributed by atoms with E-state index in [2.05, 4.69) is 31.2 Å². The smallest absolute Gasteiger partial charge is 0.274 e. The predicted molar refractivity (Wildman–Crippen MR) is 114 cm³/mol. The molecule has 1 aliphatic heterocycles. The van der Waals surface area contributed by atoms with Gasteiger partial charge in [-0.15, -0.1) is 12.4 Å². The van der Waals surface area contributed by atoms with Gasteiger partial charge >= 0.3 is 0 Å². The fourth-order valence-electron chi connectivity index (χ4n) is 4.44. The van der Waals surface area contributed by atoms with Gasteiger partial charge in [0.25, 0.3) is 5.91 Å². The number of carbonyl (C=O) groups is 1. The second-order valence-electron chi connectivity index (χ2n) is 8.24. The summed E-state index contributed by atoms with van der Waals surface area (Å²) in [6.45, 7) is 5.70. The first kappa shape index (κ1) is 20.9. The van der Waals surface area contributed by atoms with Crippen LogP contribution in [0.3, 0.4) is 0 Å². The summed E-state index contributed by atoms with van der Waals surface area (Å²) in [4.78, 5) is 15.3. The lowest BCUT2D eigenvalue weighted by Gasteiger charge is -2.34. The second-order valence-corrected chi connectivity index (χ2v) is 8.24. The molecule has 0 saturated carbocycles. The standard InChI is InChI=1S/C22H30N4O.ClH/c1-15-9-11-18(12-10-15)26-20-8-4-3-7-19(20)21(24-26)22(27)25-13-5-6-17(14-25)16(2)23;/h9-12,16-17H,3-8,13-14,23H2,1-2H3;1H. The summed E-state index contributed by atoms with van der Waals surface area (Å²) in [6, 6.07) is 8.52. The van der Waals surface area contributed by atoms with Crippen molar-refractivity contribution in [2.75, 3.05) is 13.1 Å². The summed E-state index contributed by atoms with van der Waals surface area (Å²) in [5.41, 5.74) is 11.4. The molecule has 5 nitrogen and oxygen atoms in total. The maximum Gasteiger partial charge on any atom is 0.274 e. The zero-order valence-corrected chi connectivity index (χ0v) is 17.7. The summed E-state index contributed by atoms with van der Waals surface area (Å²) in [5, 5.41) is 4.83. The van der Waals surface area contributed by atoms with Gasteiger partial charge in [0.05, 0.1) is 5.69 Å². The average molecular weight is 403 g/mol. The van der Waals surface area contributed by atoms with Crippen molar-refractivity contribution in [3.8, 4) is 5.69 Å². The van der Waals surface area contributed by atoms with Gasteiger partial charge in [-0.05, 0) is 70.4 Å². The lowest BCUT2D eigenvalue weighted by Crippen LogP contribution is -2.45. The van der Waals surface area contributed by atoms with E-state index in [1.54, 1.807) is 0 Å². The Morgan fingerprint density at radius 3 is 2.61 bits per heavy atom. The van der Waals surface area contributed by atoms with Gasteiger partial charge in [0.15, 0.2) is 5.69 Å². The molecular weight excluding hydrogens is 372 g/mol. The Morgan fingerprint density at radius 1 is 1.18 bits per heavy atom. The summed E-state index contributed by atoms with van der Waals surface area (Å²) in [6.07, 6.45) is 6.37. The molecule has 2 aliphatic rings. The highest BCUT2D eigenvalue weighted by Gasteiger charge is 2.31. The van der Waals surface area contributed by atoms with Crippen LogP contribution >= 0.6 is 12.4 Å². The number of aryl methyl sites for hydroxylation is 1. The SMILES string of the molecule is Cc1ccc(-n2nc(C(=O)N3CCCC(C(C)N)C3)c3c2CCCC3)cc1.Cl. The largest absolute Gasteiger partial charge is 0.337 e. The molecule has 0 spiro atoms. The molecule has 28 heavy (non-hydrogen) atoms. The highest BCUT2D eigenvalue weighted by Crippen LogP contribution is 2.29. The average Bonchev–Trinajstić information content (AvgIpc) is 3.08. The first-order chi connectivity index (χ1) is 13.0. The summed E-state index contributed by atoms with van der Waals surface area (Å²) in [7, 11) is 0. The van der Waals surface area contributed by atoms with Crippen LogP contribution in [-0.4, -0.2) is 39.7 Å². The number of halogens is 1. The molecule has 1 saturated heterocycles. The van der Waals surface area contributed by atoms with E-state index in [4.69, 9.17) is 10.8 Å². The molecule has 0 radical (unpaired) electrons. The second kappa shape index (κ2) is 8.66. The van der Waals surface area contributed by atoms with Crippen LogP contribution in [0.4, 0.5) is 0 Å². The normalized spacial score (nSPS) is 20.2. The van der Waals surface area contributed by atoms with Crippen molar-refractivity contribution in [3.05, 3.63) is 46.8 Å². The molecule has 1 aromatic carbocycles. The molecule has 2 aromatic rings. The number of nitrogens with zero attached hydrogens (tertiary/aromatic N) is 3. The van der Waals surface area contributed by atoms with Crippen LogP contribution < -0.4 is 5.73 Å². The van der Waals surface area contributed by atoms with Gasteiger partial charge in [0.1, 0.15) is 0 Å². The fourth-order valence-corrected chi connectivity index (χ4v) is 4.44. The van der Waals surface area contributed by atoms with Crippen molar-refractivity contribution in [1.82, 2.24) is 14.7 Å². The number of aromatic nitrogens is 2. The van der Waals surface area contributed by atoms with E-state index >= 15 is 0 Å². The van der Waals surface area contributed by atoms with Crippen LogP contribution in [0.2, 0.25) is 0 Å². The van der Waals surface area contributed by atoms with E-state index in [1.807, 2.05) is 16.5 Å². The molecule has 2 N–H and O–H groups in total. The van der Waals surface area contributed by atoms with Crippen molar-refractivity contribution in [3.63, 3.8) is 0 Å². The number of fused-ring (bicyclic) bond motifs is 1. The van der Waals surface area contributed by atoms with Gasteiger partial charge in [0.2, 0.25) is 0 Å². The number of benzene rings is 1. The highest BCUT2D eigenvalue weighted by molar-refractivity contribution is 5.94. The van der Waals surface area contributed by atoms with Gasteiger partial charge < -0.3 is 10.6 Å². The fraction of sp³-hybridized carbons (Fsp3) is 0.545. The van der Waals surface area contributed by atoms with E-state index < -0.39 is 0 Å². The third-order valence-corrected chi connectivity index (χ3v) is 6.15. The molecule has 2 atom stereocenters. The maximum absolute atomic E-state index is 13.3. The predicted octanol–water partition coefficient (Wildman–Crippen LogP) is 3.68. The molecule has 2 unspecified atom stereocenters. The summed E-state index contributed by atoms with van der Waals surface area (Å²) in [5.74, 6) is 0.474. The Hall–Kier alpha value is -1.85. The van der Waals surface area contributed by atoms with Gasteiger partial charge in [0, 0.05) is 30.4 Å². The topological polar surface area (TPSA) is 64.2 Å².